The number of aromatic nitrogens is 2. The van der Waals surface area contributed by atoms with Crippen molar-refractivity contribution in [2.24, 2.45) is 0 Å². The zero-order valence-electron chi connectivity index (χ0n) is 20.4. The number of carbonyl (C=O) groups is 2. The first-order valence-electron chi connectivity index (χ1n) is 12.4. The summed E-state index contributed by atoms with van der Waals surface area (Å²) >= 11 is 12.4. The van der Waals surface area contributed by atoms with E-state index in [2.05, 4.69) is 5.32 Å². The molecular weight excluding hydrogens is 549 g/mol. The predicted octanol–water partition coefficient (Wildman–Crippen LogP) is 5.96. The molecule has 3 aromatic carbocycles. The van der Waals surface area contributed by atoms with E-state index >= 15 is 8.87 Å². The van der Waals surface area contributed by atoms with Gasteiger partial charge in [0.25, 0.3) is 5.91 Å². The molecule has 39 heavy (non-hydrogen) atoms. The van der Waals surface area contributed by atoms with Crippen LogP contribution in [0.1, 0.15) is 45.6 Å². The Kier molecular flexibility index (Phi) is 5.33. The molecule has 11 heteroatoms. The van der Waals surface area contributed by atoms with Crippen LogP contribution in [0.3, 0.4) is 0 Å². The van der Waals surface area contributed by atoms with Crippen LogP contribution in [0.25, 0.3) is 11.0 Å². The van der Waals surface area contributed by atoms with Gasteiger partial charge < -0.3 is 14.6 Å². The molecule has 1 spiro atoms. The Balaban J connectivity index is 1.51. The number of fused-ring (bicyclic) bond motifs is 7. The number of nitrogens with one attached hydrogen (secondary N) is 1. The standard InChI is InChI=1S/C28H20Cl2F2N4O3/c1-39-26(37)13-5-8-20-19(11-13)33-25-22-21(9-10-35(20)25)36(32)28(23(22)15-3-2-4-17(30)24(15)31)16-7-6-14(29)12-18(16)34-27(28)38/h2-8,11-12,21-23H,9-10H2,1H3,(H,34,38)/t21-,22+,23-,28+/m0/s1. The number of halogens is 4. The van der Waals surface area contributed by atoms with E-state index in [0.29, 0.717) is 51.3 Å². The number of methoxy groups -OCH3 is 1. The van der Waals surface area contributed by atoms with Crippen molar-refractivity contribution in [1.82, 2.24) is 14.7 Å². The molecule has 0 unspecified atom stereocenters. The predicted molar refractivity (Wildman–Crippen MR) is 141 cm³/mol. The molecule has 4 heterocycles. The van der Waals surface area contributed by atoms with E-state index in [4.69, 9.17) is 32.9 Å². The average Bonchev–Trinajstić information content (AvgIpc) is 3.53. The first-order valence-corrected chi connectivity index (χ1v) is 13.1. The van der Waals surface area contributed by atoms with Crippen LogP contribution in [0.2, 0.25) is 10.0 Å². The third-order valence-corrected chi connectivity index (χ3v) is 8.83. The third-order valence-electron chi connectivity index (χ3n) is 8.30. The van der Waals surface area contributed by atoms with Gasteiger partial charge in [0, 0.05) is 34.7 Å². The Bertz CT molecular complexity index is 1730. The highest BCUT2D eigenvalue weighted by Crippen LogP contribution is 2.64. The Morgan fingerprint density at radius 2 is 2.00 bits per heavy atom. The maximum absolute atomic E-state index is 16.9. The molecule has 4 atom stereocenters. The van der Waals surface area contributed by atoms with Gasteiger partial charge in [0.2, 0.25) is 0 Å². The fourth-order valence-electron chi connectivity index (χ4n) is 6.77. The molecule has 7 nitrogen and oxygen atoms in total. The first kappa shape index (κ1) is 24.5. The largest absolute Gasteiger partial charge is 0.465 e. The molecule has 7 rings (SSSR count). The van der Waals surface area contributed by atoms with Crippen molar-refractivity contribution >= 4 is 51.8 Å². The molecule has 1 fully saturated rings. The molecule has 1 saturated heterocycles. The lowest BCUT2D eigenvalue weighted by Gasteiger charge is -2.34. The number of imidazole rings is 1. The van der Waals surface area contributed by atoms with Gasteiger partial charge in [-0.25, -0.2) is 14.2 Å². The smallest absolute Gasteiger partial charge is 0.337 e. The molecular formula is C28H20Cl2F2N4O3. The van der Waals surface area contributed by atoms with E-state index in [-0.39, 0.29) is 10.6 Å². The SMILES string of the molecule is COC(=O)c1ccc2c(c1)nc1n2CC[C@H]2[C@@H]1[C@H](c1cccc(Cl)c1F)[C@]1(C(=O)Nc3cc(Cl)ccc31)N2F. The monoisotopic (exact) mass is 568 g/mol. The maximum atomic E-state index is 16.9. The average molecular weight is 569 g/mol. The summed E-state index contributed by atoms with van der Waals surface area (Å²) in [7, 11) is 1.30. The molecule has 1 amide bonds. The fourth-order valence-corrected chi connectivity index (χ4v) is 7.12. The molecule has 0 radical (unpaired) electrons. The topological polar surface area (TPSA) is 76.5 Å². The van der Waals surface area contributed by atoms with Gasteiger partial charge >= 0.3 is 5.97 Å². The van der Waals surface area contributed by atoms with E-state index in [9.17, 15) is 9.59 Å². The van der Waals surface area contributed by atoms with Crippen LogP contribution in [0.4, 0.5) is 14.6 Å². The maximum Gasteiger partial charge on any atom is 0.337 e. The lowest BCUT2D eigenvalue weighted by molar-refractivity contribution is -0.145. The van der Waals surface area contributed by atoms with Crippen molar-refractivity contribution in [1.29, 1.82) is 0 Å². The number of ether oxygens (including phenoxy) is 1. The number of benzene rings is 3. The molecule has 3 aliphatic rings. The summed E-state index contributed by atoms with van der Waals surface area (Å²) in [6, 6.07) is 13.6. The summed E-state index contributed by atoms with van der Waals surface area (Å²) in [5, 5.41) is 3.62. The van der Waals surface area contributed by atoms with E-state index in [1.165, 1.54) is 13.2 Å². The Morgan fingerprint density at radius 1 is 1.18 bits per heavy atom. The molecule has 0 saturated carbocycles. The minimum atomic E-state index is -1.88. The van der Waals surface area contributed by atoms with E-state index in [1.807, 2.05) is 4.57 Å². The zero-order chi connectivity index (χ0) is 27.2. The number of amides is 1. The van der Waals surface area contributed by atoms with Gasteiger partial charge in [-0.1, -0.05) is 41.4 Å². The van der Waals surface area contributed by atoms with Crippen LogP contribution in [0.15, 0.2) is 54.6 Å². The fraction of sp³-hybridized carbons (Fsp3) is 0.250. The van der Waals surface area contributed by atoms with Gasteiger partial charge in [-0.2, -0.15) is 0 Å². The number of anilines is 1. The molecule has 3 aliphatic heterocycles. The van der Waals surface area contributed by atoms with Crippen molar-refractivity contribution < 1.29 is 23.2 Å². The molecule has 1 aromatic heterocycles. The summed E-state index contributed by atoms with van der Waals surface area (Å²) in [6.07, 6.45) is 0.342. The van der Waals surface area contributed by atoms with Crippen LogP contribution in [-0.2, 0) is 21.6 Å². The normalized spacial score (nSPS) is 25.5. The van der Waals surface area contributed by atoms with Gasteiger partial charge in [-0.05, 0) is 48.4 Å². The number of hydrogen-bond acceptors (Lipinski definition) is 5. The van der Waals surface area contributed by atoms with Gasteiger partial charge in [-0.15, -0.1) is 9.60 Å². The minimum absolute atomic E-state index is 0.117. The minimum Gasteiger partial charge on any atom is -0.465 e. The second-order valence-corrected chi connectivity index (χ2v) is 10.9. The second kappa shape index (κ2) is 8.48. The quantitative estimate of drug-likeness (QED) is 0.238. The highest BCUT2D eigenvalue weighted by atomic mass is 35.5. The molecule has 1 N–H and O–H groups in total. The van der Waals surface area contributed by atoms with E-state index in [1.54, 1.807) is 48.5 Å². The Hall–Kier alpha value is -3.53. The van der Waals surface area contributed by atoms with Gasteiger partial charge in [0.05, 0.1) is 34.8 Å². The zero-order valence-corrected chi connectivity index (χ0v) is 21.9. The van der Waals surface area contributed by atoms with Crippen LogP contribution in [-0.4, -0.2) is 39.7 Å². The summed E-state index contributed by atoms with van der Waals surface area (Å²) < 4.78 is 39.5. The third kappa shape index (κ3) is 3.15. The molecule has 198 valence electrons. The van der Waals surface area contributed by atoms with Crippen molar-refractivity contribution in [2.75, 3.05) is 12.4 Å². The van der Waals surface area contributed by atoms with Crippen LogP contribution < -0.4 is 5.32 Å². The first-order chi connectivity index (χ1) is 18.8. The second-order valence-electron chi connectivity index (χ2n) is 10.0. The van der Waals surface area contributed by atoms with Crippen LogP contribution >= 0.6 is 23.2 Å². The highest BCUT2D eigenvalue weighted by molar-refractivity contribution is 6.31. The summed E-state index contributed by atoms with van der Waals surface area (Å²) in [6.45, 7) is 0.418. The molecule has 4 aromatic rings. The number of esters is 1. The number of rotatable bonds is 2. The Morgan fingerprint density at radius 3 is 2.79 bits per heavy atom. The molecule has 0 bridgehead atoms. The van der Waals surface area contributed by atoms with Crippen molar-refractivity contribution in [2.45, 2.75) is 36.4 Å². The van der Waals surface area contributed by atoms with E-state index < -0.39 is 41.1 Å². The van der Waals surface area contributed by atoms with Gasteiger partial charge in [0.15, 0.2) is 5.54 Å². The number of aryl methyl sites for hydroxylation is 1. The summed E-state index contributed by atoms with van der Waals surface area (Å²) in [4.78, 5) is 30.9. The van der Waals surface area contributed by atoms with Gasteiger partial charge in [-0.3, -0.25) is 4.79 Å². The number of nitrogens with zero attached hydrogens (tertiary/aromatic N) is 3. The van der Waals surface area contributed by atoms with E-state index in [0.717, 1.165) is 5.52 Å². The summed E-state index contributed by atoms with van der Waals surface area (Å²) in [5.41, 5.74) is 0.567. The van der Waals surface area contributed by atoms with Gasteiger partial charge in [0.1, 0.15) is 11.6 Å². The summed E-state index contributed by atoms with van der Waals surface area (Å²) in [5.74, 6) is -3.08. The highest BCUT2D eigenvalue weighted by Gasteiger charge is 2.70. The van der Waals surface area contributed by atoms with Crippen molar-refractivity contribution in [3.8, 4) is 0 Å². The van der Waals surface area contributed by atoms with Crippen molar-refractivity contribution in [3.63, 3.8) is 0 Å². The molecule has 0 aliphatic carbocycles. The lowest BCUT2D eigenvalue weighted by atomic mass is 9.70. The number of hydrogen-bond donors (Lipinski definition) is 1. The number of carbonyl (C=O) groups excluding carboxylic acids is 2. The lowest BCUT2D eigenvalue weighted by Crippen LogP contribution is -2.48. The van der Waals surface area contributed by atoms with Crippen LogP contribution in [0.5, 0.6) is 0 Å². The van der Waals surface area contributed by atoms with Crippen LogP contribution in [0, 0.1) is 5.82 Å². The van der Waals surface area contributed by atoms with Crippen molar-refractivity contribution in [3.05, 3.63) is 93.0 Å². The Labute approximate surface area is 231 Å².